The summed E-state index contributed by atoms with van der Waals surface area (Å²) in [7, 11) is 0. The van der Waals surface area contributed by atoms with Crippen molar-refractivity contribution in [2.24, 2.45) is 0 Å². The number of carboxylic acid groups (broad SMARTS) is 2. The lowest BCUT2D eigenvalue weighted by atomic mass is 9.99. The minimum Gasteiger partial charge on any atom is -0.489 e. The summed E-state index contributed by atoms with van der Waals surface area (Å²) < 4.78 is 12.1. The lowest BCUT2D eigenvalue weighted by Gasteiger charge is -2.23. The summed E-state index contributed by atoms with van der Waals surface area (Å²) in [5.41, 5.74) is 2.23. The van der Waals surface area contributed by atoms with Gasteiger partial charge < -0.3 is 25.0 Å². The predicted octanol–water partition coefficient (Wildman–Crippen LogP) is 4.95. The average Bonchev–Trinajstić information content (AvgIpc) is 3.34. The number of carboxylic acids is 2. The van der Waals surface area contributed by atoms with E-state index in [9.17, 15) is 19.5 Å². The summed E-state index contributed by atoms with van der Waals surface area (Å²) in [6.45, 7) is 5.53. The summed E-state index contributed by atoms with van der Waals surface area (Å²) in [5.74, 6) is -2.51. The van der Waals surface area contributed by atoms with E-state index in [-0.39, 0.29) is 24.2 Å². The molecule has 3 aromatic rings. The summed E-state index contributed by atoms with van der Waals surface area (Å²) >= 11 is 1.55. The SMILES string of the molecule is C=C(NC(=O)c1ccc(OCc2ccsc2)cc1OC(CCC(=O)O)c1ccccc1C)C(=O)O. The van der Waals surface area contributed by atoms with E-state index >= 15 is 0 Å². The second kappa shape index (κ2) is 11.8. The smallest absolute Gasteiger partial charge is 0.351 e. The Bertz CT molecular complexity index is 1220. The highest BCUT2D eigenvalue weighted by Gasteiger charge is 2.22. The zero-order chi connectivity index (χ0) is 25.4. The molecular formula is C26H25NO7S. The van der Waals surface area contributed by atoms with Crippen LogP contribution in [0, 0.1) is 6.92 Å². The Morgan fingerprint density at radius 2 is 1.89 bits per heavy atom. The van der Waals surface area contributed by atoms with Crippen LogP contribution in [0.4, 0.5) is 0 Å². The summed E-state index contributed by atoms with van der Waals surface area (Å²) in [6.07, 6.45) is -0.665. The van der Waals surface area contributed by atoms with Crippen molar-refractivity contribution >= 4 is 29.2 Å². The number of aryl methyl sites for hydroxylation is 1. The van der Waals surface area contributed by atoms with E-state index < -0.39 is 29.6 Å². The van der Waals surface area contributed by atoms with Crippen LogP contribution in [0.5, 0.6) is 11.5 Å². The van der Waals surface area contributed by atoms with E-state index in [1.807, 2.05) is 48.0 Å². The number of hydrogen-bond donors (Lipinski definition) is 3. The summed E-state index contributed by atoms with van der Waals surface area (Å²) in [4.78, 5) is 35.3. The highest BCUT2D eigenvalue weighted by Crippen LogP contribution is 2.33. The summed E-state index contributed by atoms with van der Waals surface area (Å²) in [6, 6.07) is 13.9. The molecule has 1 unspecified atom stereocenters. The Balaban J connectivity index is 1.95. The number of aliphatic carboxylic acids is 2. The van der Waals surface area contributed by atoms with Crippen molar-refractivity contribution in [3.8, 4) is 11.5 Å². The van der Waals surface area contributed by atoms with Gasteiger partial charge in [-0.2, -0.15) is 11.3 Å². The first-order valence-corrected chi connectivity index (χ1v) is 11.6. The second-order valence-electron chi connectivity index (χ2n) is 7.71. The van der Waals surface area contributed by atoms with Gasteiger partial charge in [0.05, 0.1) is 5.56 Å². The maximum atomic E-state index is 12.8. The number of carbonyl (C=O) groups excluding carboxylic acids is 1. The quantitative estimate of drug-likeness (QED) is 0.304. The number of benzene rings is 2. The Morgan fingerprint density at radius 1 is 1.11 bits per heavy atom. The van der Waals surface area contributed by atoms with Crippen LogP contribution >= 0.6 is 11.3 Å². The third-order valence-corrected chi connectivity index (χ3v) is 5.86. The predicted molar refractivity (Wildman–Crippen MR) is 131 cm³/mol. The van der Waals surface area contributed by atoms with Gasteiger partial charge in [0, 0.05) is 12.5 Å². The average molecular weight is 496 g/mol. The molecule has 35 heavy (non-hydrogen) atoms. The van der Waals surface area contributed by atoms with Gasteiger partial charge in [0.1, 0.15) is 29.9 Å². The zero-order valence-corrected chi connectivity index (χ0v) is 19.8. The van der Waals surface area contributed by atoms with Gasteiger partial charge in [0.15, 0.2) is 0 Å². The van der Waals surface area contributed by atoms with Crippen LogP contribution in [-0.2, 0) is 16.2 Å². The van der Waals surface area contributed by atoms with Crippen molar-refractivity contribution in [2.75, 3.05) is 0 Å². The molecule has 9 heteroatoms. The standard InChI is InChI=1S/C26H25NO7S/c1-16-5-3-4-6-20(16)22(9-10-24(28)29)34-23-13-19(33-14-18-11-12-35-15-18)7-8-21(23)25(30)27-17(2)26(31)32/h3-8,11-13,15,22H,2,9-10,14H2,1H3,(H,27,30)(H,28,29)(H,31,32). The lowest BCUT2D eigenvalue weighted by Crippen LogP contribution is -2.27. The van der Waals surface area contributed by atoms with Crippen LogP contribution in [-0.4, -0.2) is 28.1 Å². The monoisotopic (exact) mass is 495 g/mol. The highest BCUT2D eigenvalue weighted by molar-refractivity contribution is 7.07. The van der Waals surface area contributed by atoms with E-state index in [2.05, 4.69) is 11.9 Å². The Labute approximate surface area is 206 Å². The fraction of sp³-hybridized carbons (Fsp3) is 0.192. The Kier molecular flexibility index (Phi) is 8.63. The molecule has 0 radical (unpaired) electrons. The molecule has 182 valence electrons. The van der Waals surface area contributed by atoms with Crippen LogP contribution in [0.2, 0.25) is 0 Å². The molecule has 2 aromatic carbocycles. The number of nitrogens with one attached hydrogen (secondary N) is 1. The second-order valence-corrected chi connectivity index (χ2v) is 8.49. The van der Waals surface area contributed by atoms with Gasteiger partial charge >= 0.3 is 11.9 Å². The van der Waals surface area contributed by atoms with Gasteiger partial charge in [0.2, 0.25) is 0 Å². The van der Waals surface area contributed by atoms with Crippen molar-refractivity contribution in [3.05, 3.63) is 93.8 Å². The number of rotatable bonds is 12. The van der Waals surface area contributed by atoms with Crippen LogP contribution < -0.4 is 14.8 Å². The molecule has 3 rings (SSSR count). The molecule has 0 aliphatic heterocycles. The van der Waals surface area contributed by atoms with Crippen molar-refractivity contribution in [1.29, 1.82) is 0 Å². The largest absolute Gasteiger partial charge is 0.489 e. The molecule has 1 amide bonds. The molecule has 0 aliphatic rings. The molecule has 0 saturated heterocycles. The molecule has 0 bridgehead atoms. The van der Waals surface area contributed by atoms with Crippen molar-refractivity contribution in [1.82, 2.24) is 5.32 Å². The maximum Gasteiger partial charge on any atom is 0.351 e. The van der Waals surface area contributed by atoms with E-state index in [4.69, 9.17) is 14.6 Å². The van der Waals surface area contributed by atoms with E-state index in [0.717, 1.165) is 16.7 Å². The van der Waals surface area contributed by atoms with Crippen LogP contribution in [0.15, 0.2) is 71.6 Å². The van der Waals surface area contributed by atoms with Gasteiger partial charge in [-0.3, -0.25) is 9.59 Å². The van der Waals surface area contributed by atoms with Crippen LogP contribution in [0.25, 0.3) is 0 Å². The Hall–Kier alpha value is -4.11. The molecule has 0 saturated carbocycles. The normalized spacial score (nSPS) is 11.3. The van der Waals surface area contributed by atoms with Crippen molar-refractivity contribution in [3.63, 3.8) is 0 Å². The molecule has 0 aliphatic carbocycles. The minimum atomic E-state index is -1.37. The van der Waals surface area contributed by atoms with Crippen LogP contribution in [0.3, 0.4) is 0 Å². The molecule has 1 atom stereocenters. The molecule has 0 fully saturated rings. The number of thiophene rings is 1. The van der Waals surface area contributed by atoms with Gasteiger partial charge in [-0.25, -0.2) is 4.79 Å². The molecule has 0 spiro atoms. The first-order valence-electron chi connectivity index (χ1n) is 10.7. The third kappa shape index (κ3) is 7.18. The van der Waals surface area contributed by atoms with Gasteiger partial charge in [-0.05, 0) is 59.0 Å². The van der Waals surface area contributed by atoms with E-state index in [0.29, 0.717) is 12.4 Å². The zero-order valence-electron chi connectivity index (χ0n) is 19.0. The van der Waals surface area contributed by atoms with E-state index in [1.165, 1.54) is 12.1 Å². The molecule has 1 heterocycles. The summed E-state index contributed by atoms with van der Waals surface area (Å²) in [5, 5.41) is 24.4. The number of carbonyl (C=O) groups is 3. The molecule has 8 nitrogen and oxygen atoms in total. The lowest BCUT2D eigenvalue weighted by molar-refractivity contribution is -0.137. The highest BCUT2D eigenvalue weighted by atomic mass is 32.1. The van der Waals surface area contributed by atoms with Gasteiger partial charge in [0.25, 0.3) is 5.91 Å². The van der Waals surface area contributed by atoms with E-state index in [1.54, 1.807) is 17.4 Å². The van der Waals surface area contributed by atoms with Gasteiger partial charge in [-0.1, -0.05) is 30.8 Å². The number of amides is 1. The minimum absolute atomic E-state index is 0.0594. The number of hydrogen-bond acceptors (Lipinski definition) is 6. The fourth-order valence-electron chi connectivity index (χ4n) is 3.31. The van der Waals surface area contributed by atoms with Crippen molar-refractivity contribution in [2.45, 2.75) is 32.5 Å². The fourth-order valence-corrected chi connectivity index (χ4v) is 3.96. The third-order valence-electron chi connectivity index (χ3n) is 5.13. The van der Waals surface area contributed by atoms with Crippen molar-refractivity contribution < 1.29 is 34.1 Å². The maximum absolute atomic E-state index is 12.8. The van der Waals surface area contributed by atoms with Gasteiger partial charge in [-0.15, -0.1) is 0 Å². The molecule has 1 aromatic heterocycles. The topological polar surface area (TPSA) is 122 Å². The number of ether oxygens (including phenoxy) is 2. The Morgan fingerprint density at radius 3 is 2.54 bits per heavy atom. The van der Waals surface area contributed by atoms with Crippen LogP contribution in [0.1, 0.15) is 46.0 Å². The molecular weight excluding hydrogens is 470 g/mol. The first kappa shape index (κ1) is 25.5. The first-order chi connectivity index (χ1) is 16.7. The molecule has 3 N–H and O–H groups in total.